The summed E-state index contributed by atoms with van der Waals surface area (Å²) in [7, 11) is 1.57. The molecule has 0 aliphatic heterocycles. The quantitative estimate of drug-likeness (QED) is 0.580. The molecule has 0 bridgehead atoms. The normalized spacial score (nSPS) is 10.6. The summed E-state index contributed by atoms with van der Waals surface area (Å²) in [5.74, 6) is 1.71. The molecule has 0 saturated heterocycles. The van der Waals surface area contributed by atoms with E-state index in [0.717, 1.165) is 17.8 Å². The summed E-state index contributed by atoms with van der Waals surface area (Å²) in [6.45, 7) is 5.74. The maximum absolute atomic E-state index is 12.6. The van der Waals surface area contributed by atoms with Crippen LogP contribution in [0.15, 0.2) is 30.5 Å². The van der Waals surface area contributed by atoms with Gasteiger partial charge in [-0.05, 0) is 44.5 Å². The molecule has 0 amide bonds. The van der Waals surface area contributed by atoms with Gasteiger partial charge < -0.3 is 10.1 Å². The highest BCUT2D eigenvalue weighted by molar-refractivity contribution is 5.99. The van der Waals surface area contributed by atoms with E-state index in [4.69, 9.17) is 4.74 Å². The van der Waals surface area contributed by atoms with Crippen LogP contribution >= 0.6 is 0 Å². The van der Waals surface area contributed by atoms with Crippen molar-refractivity contribution in [1.29, 1.82) is 0 Å². The van der Waals surface area contributed by atoms with Crippen LogP contribution in [0.3, 0.4) is 0 Å². The first-order chi connectivity index (χ1) is 14.0. The number of hydrogen-bond acceptors (Lipinski definition) is 8. The number of Topliss-reactive ketones (excluding diaryl/α,β-unsaturated/α-hetero) is 1. The van der Waals surface area contributed by atoms with Crippen LogP contribution in [0.2, 0.25) is 0 Å². The zero-order valence-electron chi connectivity index (χ0n) is 17.1. The second kappa shape index (κ2) is 9.18. The van der Waals surface area contributed by atoms with Gasteiger partial charge in [0.25, 0.3) is 0 Å². The Labute approximate surface area is 169 Å². The van der Waals surface area contributed by atoms with Gasteiger partial charge in [0.15, 0.2) is 23.0 Å². The number of carbonyl (C=O) groups is 1. The van der Waals surface area contributed by atoms with E-state index in [9.17, 15) is 4.79 Å². The summed E-state index contributed by atoms with van der Waals surface area (Å²) >= 11 is 0. The van der Waals surface area contributed by atoms with Crippen LogP contribution in [0.25, 0.3) is 0 Å². The smallest absolute Gasteiger partial charge is 0.185 e. The van der Waals surface area contributed by atoms with Gasteiger partial charge in [0.2, 0.25) is 0 Å². The molecule has 0 atom stereocenters. The average Bonchev–Trinajstić information content (AvgIpc) is 2.68. The van der Waals surface area contributed by atoms with Gasteiger partial charge >= 0.3 is 0 Å². The van der Waals surface area contributed by atoms with Crippen LogP contribution in [-0.2, 0) is 6.42 Å². The summed E-state index contributed by atoms with van der Waals surface area (Å²) in [5, 5.41) is 11.7. The number of ether oxygens (including phenoxy) is 1. The van der Waals surface area contributed by atoms with Crippen molar-refractivity contribution < 1.29 is 9.53 Å². The van der Waals surface area contributed by atoms with Crippen molar-refractivity contribution in [2.24, 2.45) is 0 Å². The molecule has 150 valence electrons. The van der Waals surface area contributed by atoms with Gasteiger partial charge in [0.1, 0.15) is 5.82 Å². The molecular formula is C21H24N6O2. The number of aromatic nitrogens is 5. The molecule has 3 aromatic rings. The Balaban J connectivity index is 1.98. The van der Waals surface area contributed by atoms with Crippen molar-refractivity contribution in [3.05, 3.63) is 59.1 Å². The molecule has 0 radical (unpaired) electrons. The lowest BCUT2D eigenvalue weighted by atomic mass is 10.1. The summed E-state index contributed by atoms with van der Waals surface area (Å²) < 4.78 is 5.35. The van der Waals surface area contributed by atoms with Crippen molar-refractivity contribution in [1.82, 2.24) is 25.1 Å². The third-order valence-electron chi connectivity index (χ3n) is 4.21. The average molecular weight is 392 g/mol. The second-order valence-electron chi connectivity index (χ2n) is 6.68. The molecule has 0 saturated carbocycles. The highest BCUT2D eigenvalue weighted by Crippen LogP contribution is 2.27. The molecule has 3 aromatic heterocycles. The third-order valence-corrected chi connectivity index (χ3v) is 4.21. The molecule has 8 nitrogen and oxygen atoms in total. The number of ketones is 1. The fourth-order valence-electron chi connectivity index (χ4n) is 3.01. The van der Waals surface area contributed by atoms with E-state index in [1.807, 2.05) is 32.9 Å². The van der Waals surface area contributed by atoms with Gasteiger partial charge in [-0.1, -0.05) is 6.92 Å². The van der Waals surface area contributed by atoms with E-state index < -0.39 is 0 Å². The van der Waals surface area contributed by atoms with Crippen LogP contribution in [0.1, 0.15) is 53.2 Å². The van der Waals surface area contributed by atoms with Crippen LogP contribution < -0.4 is 10.1 Å². The van der Waals surface area contributed by atoms with Crippen molar-refractivity contribution in [3.8, 4) is 5.75 Å². The van der Waals surface area contributed by atoms with Gasteiger partial charge in [-0.2, -0.15) is 5.10 Å². The maximum atomic E-state index is 12.6. The Morgan fingerprint density at radius 1 is 1.14 bits per heavy atom. The fraction of sp³-hybridized carbons (Fsp3) is 0.333. The number of nitrogens with zero attached hydrogens (tertiary/aromatic N) is 5. The molecule has 0 aromatic carbocycles. The predicted molar refractivity (Wildman–Crippen MR) is 110 cm³/mol. The minimum atomic E-state index is -0.0716. The first kappa shape index (κ1) is 20.3. The second-order valence-corrected chi connectivity index (χ2v) is 6.68. The van der Waals surface area contributed by atoms with E-state index in [0.29, 0.717) is 47.3 Å². The summed E-state index contributed by atoms with van der Waals surface area (Å²) in [6.07, 6.45) is 3.26. The molecule has 8 heteroatoms. The van der Waals surface area contributed by atoms with E-state index in [2.05, 4.69) is 30.5 Å². The number of hydrogen-bond donors (Lipinski definition) is 1. The van der Waals surface area contributed by atoms with Crippen LogP contribution in [0.5, 0.6) is 5.75 Å². The Morgan fingerprint density at radius 2 is 1.97 bits per heavy atom. The Hall–Kier alpha value is -3.42. The number of anilines is 2. The molecule has 29 heavy (non-hydrogen) atoms. The number of pyridine rings is 1. The molecule has 3 heterocycles. The highest BCUT2D eigenvalue weighted by Gasteiger charge is 2.17. The summed E-state index contributed by atoms with van der Waals surface area (Å²) in [6, 6.07) is 7.31. The molecule has 0 aliphatic carbocycles. The Bertz CT molecular complexity index is 1000. The number of rotatable bonds is 8. The zero-order chi connectivity index (χ0) is 20.8. The minimum Gasteiger partial charge on any atom is -0.493 e. The molecule has 0 aliphatic rings. The van der Waals surface area contributed by atoms with E-state index in [1.54, 1.807) is 25.4 Å². The molecular weight excluding hydrogens is 368 g/mol. The van der Waals surface area contributed by atoms with Crippen LogP contribution in [-0.4, -0.2) is 38.0 Å². The van der Waals surface area contributed by atoms with Gasteiger partial charge in [-0.3, -0.25) is 4.79 Å². The Kier molecular flexibility index (Phi) is 6.43. The first-order valence-corrected chi connectivity index (χ1v) is 9.47. The molecule has 0 unspecified atom stereocenters. The van der Waals surface area contributed by atoms with Gasteiger partial charge in [-0.15, -0.1) is 5.10 Å². The third kappa shape index (κ3) is 5.10. The van der Waals surface area contributed by atoms with E-state index >= 15 is 0 Å². The zero-order valence-corrected chi connectivity index (χ0v) is 17.1. The lowest BCUT2D eigenvalue weighted by molar-refractivity contribution is 0.0977. The number of aryl methyl sites for hydroxylation is 2. The van der Waals surface area contributed by atoms with Crippen LogP contribution in [0, 0.1) is 13.8 Å². The lowest BCUT2D eigenvalue weighted by Crippen LogP contribution is -2.11. The molecule has 0 fully saturated rings. The maximum Gasteiger partial charge on any atom is 0.185 e. The van der Waals surface area contributed by atoms with Gasteiger partial charge in [0.05, 0.1) is 24.2 Å². The van der Waals surface area contributed by atoms with Crippen molar-refractivity contribution in [3.63, 3.8) is 0 Å². The first-order valence-electron chi connectivity index (χ1n) is 9.47. The van der Waals surface area contributed by atoms with Crippen molar-refractivity contribution in [2.75, 3.05) is 12.4 Å². The molecule has 0 spiro atoms. The largest absolute Gasteiger partial charge is 0.493 e. The van der Waals surface area contributed by atoms with E-state index in [-0.39, 0.29) is 5.78 Å². The van der Waals surface area contributed by atoms with Crippen molar-refractivity contribution >= 4 is 17.3 Å². The number of carbonyl (C=O) groups excluding carboxylic acids is 1. The lowest BCUT2D eigenvalue weighted by Gasteiger charge is -2.13. The van der Waals surface area contributed by atoms with Crippen molar-refractivity contribution in [2.45, 2.75) is 40.0 Å². The number of methoxy groups -OCH3 is 1. The van der Waals surface area contributed by atoms with Crippen LogP contribution in [0.4, 0.5) is 11.5 Å². The number of nitrogens with one attached hydrogen (secondary N) is 1. The predicted octanol–water partition coefficient (Wildman–Crippen LogP) is 3.60. The van der Waals surface area contributed by atoms with Gasteiger partial charge in [0, 0.05) is 24.7 Å². The fourth-order valence-corrected chi connectivity index (χ4v) is 3.01. The molecule has 1 N–H and O–H groups in total. The minimum absolute atomic E-state index is 0.0716. The topological polar surface area (TPSA) is 103 Å². The summed E-state index contributed by atoms with van der Waals surface area (Å²) in [4.78, 5) is 25.6. The summed E-state index contributed by atoms with van der Waals surface area (Å²) in [5.41, 5.74) is 3.27. The molecule has 3 rings (SSSR count). The standard InChI is InChI=1S/C21H24N6O2/c1-5-7-18(28)20-17(25-21-19(29-4)8-6-9-22-21)12-16(26-27-20)11-15-10-13(2)23-14(3)24-15/h6,8-10,12H,5,7,11H2,1-4H3,(H,22,25,26). The Morgan fingerprint density at radius 3 is 2.69 bits per heavy atom. The SMILES string of the molecule is CCCC(=O)c1nnc(Cc2cc(C)nc(C)n2)cc1Nc1ncccc1OC. The highest BCUT2D eigenvalue weighted by atomic mass is 16.5. The monoisotopic (exact) mass is 392 g/mol. The van der Waals surface area contributed by atoms with Gasteiger partial charge in [-0.25, -0.2) is 15.0 Å². The van der Waals surface area contributed by atoms with E-state index in [1.165, 1.54) is 0 Å².